The maximum absolute atomic E-state index is 13.9. The number of hydrogen-bond acceptors (Lipinski definition) is 1. The first kappa shape index (κ1) is 14.5. The molecular formula is C15H14Br2FN. The zero-order chi connectivity index (χ0) is 14.0. The maximum atomic E-state index is 13.9. The molecule has 0 spiro atoms. The first-order valence-electron chi connectivity index (χ1n) is 5.95. The van der Waals surface area contributed by atoms with Crippen LogP contribution in [0.3, 0.4) is 0 Å². The van der Waals surface area contributed by atoms with Gasteiger partial charge in [-0.1, -0.05) is 28.1 Å². The van der Waals surface area contributed by atoms with Crippen LogP contribution in [0.25, 0.3) is 0 Å². The third-order valence-corrected chi connectivity index (χ3v) is 4.07. The van der Waals surface area contributed by atoms with Crippen LogP contribution >= 0.6 is 31.9 Å². The van der Waals surface area contributed by atoms with E-state index in [0.29, 0.717) is 5.56 Å². The molecule has 1 unspecified atom stereocenters. The van der Waals surface area contributed by atoms with Crippen LogP contribution in [0.4, 0.5) is 10.1 Å². The summed E-state index contributed by atoms with van der Waals surface area (Å²) in [6.45, 7) is 3.98. The molecule has 0 heterocycles. The second kappa shape index (κ2) is 6.06. The summed E-state index contributed by atoms with van der Waals surface area (Å²) in [7, 11) is 0. The minimum Gasteiger partial charge on any atom is -0.377 e. The summed E-state index contributed by atoms with van der Waals surface area (Å²) in [4.78, 5) is 0. The lowest BCUT2D eigenvalue weighted by atomic mass is 10.1. The number of anilines is 1. The highest BCUT2D eigenvalue weighted by molar-refractivity contribution is 9.10. The van der Waals surface area contributed by atoms with E-state index in [1.165, 1.54) is 11.6 Å². The van der Waals surface area contributed by atoms with E-state index in [1.807, 2.05) is 38.1 Å². The lowest BCUT2D eigenvalue weighted by Gasteiger charge is -2.18. The molecule has 0 saturated heterocycles. The van der Waals surface area contributed by atoms with Crippen LogP contribution in [0.5, 0.6) is 0 Å². The van der Waals surface area contributed by atoms with Gasteiger partial charge in [-0.2, -0.15) is 0 Å². The third kappa shape index (κ3) is 3.57. The fourth-order valence-electron chi connectivity index (χ4n) is 1.90. The van der Waals surface area contributed by atoms with Crippen LogP contribution in [-0.4, -0.2) is 0 Å². The van der Waals surface area contributed by atoms with Crippen LogP contribution in [0, 0.1) is 12.7 Å². The molecule has 0 fully saturated rings. The summed E-state index contributed by atoms with van der Waals surface area (Å²) in [6, 6.07) is 11.1. The molecule has 0 bridgehead atoms. The SMILES string of the molecule is Cc1ccc(NC(C)c2ccc(Br)cc2F)c(Br)c1. The Bertz CT molecular complexity index is 599. The van der Waals surface area contributed by atoms with Gasteiger partial charge >= 0.3 is 0 Å². The first-order chi connectivity index (χ1) is 8.97. The van der Waals surface area contributed by atoms with E-state index in [1.54, 1.807) is 6.07 Å². The average Bonchev–Trinajstić information content (AvgIpc) is 2.32. The average molecular weight is 387 g/mol. The number of rotatable bonds is 3. The third-order valence-electron chi connectivity index (χ3n) is 2.93. The van der Waals surface area contributed by atoms with Crippen LogP contribution in [0.2, 0.25) is 0 Å². The van der Waals surface area contributed by atoms with Gasteiger partial charge in [0.15, 0.2) is 0 Å². The van der Waals surface area contributed by atoms with Gasteiger partial charge in [-0.3, -0.25) is 0 Å². The molecule has 1 nitrogen and oxygen atoms in total. The van der Waals surface area contributed by atoms with E-state index < -0.39 is 0 Å². The van der Waals surface area contributed by atoms with Crippen molar-refractivity contribution in [3.63, 3.8) is 0 Å². The molecule has 2 rings (SSSR count). The van der Waals surface area contributed by atoms with E-state index >= 15 is 0 Å². The molecular weight excluding hydrogens is 373 g/mol. The molecule has 0 amide bonds. The normalized spacial score (nSPS) is 12.3. The highest BCUT2D eigenvalue weighted by Gasteiger charge is 2.12. The number of benzene rings is 2. The fraction of sp³-hybridized carbons (Fsp3) is 0.200. The zero-order valence-corrected chi connectivity index (χ0v) is 13.8. The Morgan fingerprint density at radius 2 is 1.84 bits per heavy atom. The van der Waals surface area contributed by atoms with Crippen LogP contribution in [-0.2, 0) is 0 Å². The van der Waals surface area contributed by atoms with Crippen molar-refractivity contribution < 1.29 is 4.39 Å². The number of nitrogens with one attached hydrogen (secondary N) is 1. The molecule has 2 aromatic carbocycles. The molecule has 1 N–H and O–H groups in total. The van der Waals surface area contributed by atoms with E-state index in [0.717, 1.165) is 14.6 Å². The summed E-state index contributed by atoms with van der Waals surface area (Å²) in [6.07, 6.45) is 0. The van der Waals surface area contributed by atoms with Gasteiger partial charge in [0.25, 0.3) is 0 Å². The first-order valence-corrected chi connectivity index (χ1v) is 7.53. The summed E-state index contributed by atoms with van der Waals surface area (Å²) in [5.74, 6) is -0.211. The minimum atomic E-state index is -0.211. The smallest absolute Gasteiger partial charge is 0.129 e. The summed E-state index contributed by atoms with van der Waals surface area (Å²) < 4.78 is 15.6. The highest BCUT2D eigenvalue weighted by Crippen LogP contribution is 2.29. The van der Waals surface area contributed by atoms with Crippen LogP contribution in [0.1, 0.15) is 24.1 Å². The molecule has 100 valence electrons. The Labute approximate surface area is 129 Å². The van der Waals surface area contributed by atoms with Gasteiger partial charge in [-0.25, -0.2) is 4.39 Å². The molecule has 0 aliphatic heterocycles. The molecule has 0 aliphatic carbocycles. The van der Waals surface area contributed by atoms with Crippen molar-refractivity contribution in [3.05, 3.63) is 62.3 Å². The monoisotopic (exact) mass is 385 g/mol. The molecule has 0 aromatic heterocycles. The van der Waals surface area contributed by atoms with Gasteiger partial charge in [-0.05, 0) is 59.6 Å². The molecule has 1 atom stereocenters. The van der Waals surface area contributed by atoms with Crippen molar-refractivity contribution in [1.82, 2.24) is 0 Å². The Kier molecular flexibility index (Phi) is 4.63. The predicted molar refractivity (Wildman–Crippen MR) is 85.0 cm³/mol. The largest absolute Gasteiger partial charge is 0.377 e. The Morgan fingerprint density at radius 1 is 1.11 bits per heavy atom. The van der Waals surface area contributed by atoms with Crippen molar-refractivity contribution in [2.45, 2.75) is 19.9 Å². The minimum absolute atomic E-state index is 0.105. The molecule has 2 aromatic rings. The fourth-order valence-corrected chi connectivity index (χ4v) is 2.84. The Balaban J connectivity index is 2.23. The van der Waals surface area contributed by atoms with Gasteiger partial charge in [0.05, 0.1) is 6.04 Å². The van der Waals surface area contributed by atoms with Gasteiger partial charge in [0.2, 0.25) is 0 Å². The highest BCUT2D eigenvalue weighted by atomic mass is 79.9. The number of aryl methyl sites for hydroxylation is 1. The molecule has 0 aliphatic rings. The Morgan fingerprint density at radius 3 is 2.47 bits per heavy atom. The second-order valence-corrected chi connectivity index (χ2v) is 6.29. The standard InChI is InChI=1S/C15H14Br2FN/c1-9-3-6-15(13(17)7-9)19-10(2)12-5-4-11(16)8-14(12)18/h3-8,10,19H,1-2H3. The van der Waals surface area contributed by atoms with E-state index in [2.05, 4.69) is 37.2 Å². The molecule has 4 heteroatoms. The van der Waals surface area contributed by atoms with Crippen molar-refractivity contribution in [3.8, 4) is 0 Å². The summed E-state index contributed by atoms with van der Waals surface area (Å²) in [5.41, 5.74) is 2.79. The Hall–Kier alpha value is -0.870. The summed E-state index contributed by atoms with van der Waals surface area (Å²) >= 11 is 6.78. The maximum Gasteiger partial charge on any atom is 0.129 e. The lowest BCUT2D eigenvalue weighted by Crippen LogP contribution is -2.09. The zero-order valence-electron chi connectivity index (χ0n) is 10.7. The van der Waals surface area contributed by atoms with Crippen LogP contribution in [0.15, 0.2) is 45.3 Å². The van der Waals surface area contributed by atoms with Gasteiger partial charge in [0, 0.05) is 20.2 Å². The van der Waals surface area contributed by atoms with Gasteiger partial charge in [-0.15, -0.1) is 0 Å². The molecule has 19 heavy (non-hydrogen) atoms. The van der Waals surface area contributed by atoms with Crippen molar-refractivity contribution in [2.24, 2.45) is 0 Å². The number of hydrogen-bond donors (Lipinski definition) is 1. The summed E-state index contributed by atoms with van der Waals surface area (Å²) in [5, 5.41) is 3.31. The second-order valence-electron chi connectivity index (χ2n) is 4.52. The van der Waals surface area contributed by atoms with Crippen LogP contribution < -0.4 is 5.32 Å². The van der Waals surface area contributed by atoms with E-state index in [4.69, 9.17) is 0 Å². The molecule has 0 saturated carbocycles. The van der Waals surface area contributed by atoms with Crippen molar-refractivity contribution in [2.75, 3.05) is 5.32 Å². The van der Waals surface area contributed by atoms with Crippen molar-refractivity contribution in [1.29, 1.82) is 0 Å². The van der Waals surface area contributed by atoms with Crippen molar-refractivity contribution >= 4 is 37.5 Å². The molecule has 0 radical (unpaired) electrons. The van der Waals surface area contributed by atoms with E-state index in [9.17, 15) is 4.39 Å². The predicted octanol–water partition coefficient (Wildman–Crippen LogP) is 5.83. The van der Waals surface area contributed by atoms with E-state index in [-0.39, 0.29) is 11.9 Å². The number of halogens is 3. The lowest BCUT2D eigenvalue weighted by molar-refractivity contribution is 0.599. The quantitative estimate of drug-likeness (QED) is 0.699. The van der Waals surface area contributed by atoms with Gasteiger partial charge in [0.1, 0.15) is 5.82 Å². The van der Waals surface area contributed by atoms with Gasteiger partial charge < -0.3 is 5.32 Å². The topological polar surface area (TPSA) is 12.0 Å².